The lowest BCUT2D eigenvalue weighted by atomic mass is 10.0. The van der Waals surface area contributed by atoms with Gasteiger partial charge in [-0.3, -0.25) is 5.10 Å². The number of rotatable bonds is 4. The number of aliphatic hydroxyl groups is 1. The summed E-state index contributed by atoms with van der Waals surface area (Å²) >= 11 is 0. The van der Waals surface area contributed by atoms with Gasteiger partial charge in [-0.1, -0.05) is 36.4 Å². The third kappa shape index (κ3) is 3.55. The zero-order valence-corrected chi connectivity index (χ0v) is 18.5. The molecule has 1 aliphatic rings. The fourth-order valence-corrected chi connectivity index (χ4v) is 4.61. The van der Waals surface area contributed by atoms with E-state index in [1.807, 2.05) is 24.3 Å². The van der Waals surface area contributed by atoms with Crippen molar-refractivity contribution in [3.05, 3.63) is 66.2 Å². The third-order valence-electron chi connectivity index (χ3n) is 6.59. The predicted octanol–water partition coefficient (Wildman–Crippen LogP) is 4.02. The van der Waals surface area contributed by atoms with Crippen molar-refractivity contribution in [2.45, 2.75) is 6.61 Å². The van der Waals surface area contributed by atoms with Crippen LogP contribution in [0.2, 0.25) is 0 Å². The van der Waals surface area contributed by atoms with Crippen LogP contribution >= 0.6 is 0 Å². The molecule has 166 valence electrons. The van der Waals surface area contributed by atoms with Crippen LogP contribution < -0.4 is 4.90 Å². The number of benzene rings is 3. The van der Waals surface area contributed by atoms with Crippen LogP contribution in [-0.2, 0) is 6.61 Å². The van der Waals surface area contributed by atoms with Crippen LogP contribution in [0.15, 0.2) is 60.7 Å². The van der Waals surface area contributed by atoms with Gasteiger partial charge in [0.25, 0.3) is 0 Å². The summed E-state index contributed by atoms with van der Waals surface area (Å²) in [6, 6.07) is 20.6. The molecule has 7 nitrogen and oxygen atoms in total. The Hall–Kier alpha value is -3.68. The van der Waals surface area contributed by atoms with E-state index in [9.17, 15) is 5.11 Å². The zero-order chi connectivity index (χ0) is 22.4. The van der Waals surface area contributed by atoms with Crippen LogP contribution in [0, 0.1) is 0 Å². The van der Waals surface area contributed by atoms with Gasteiger partial charge in [0.2, 0.25) is 0 Å². The number of para-hydroxylation sites is 1. The average Bonchev–Trinajstić information content (AvgIpc) is 3.48. The van der Waals surface area contributed by atoms with Crippen LogP contribution in [0.5, 0.6) is 0 Å². The minimum absolute atomic E-state index is 0.0528. The maximum Gasteiger partial charge on any atom is 0.159 e. The highest BCUT2D eigenvalue weighted by atomic mass is 16.3. The van der Waals surface area contributed by atoms with Gasteiger partial charge < -0.3 is 19.9 Å². The monoisotopic (exact) mass is 438 g/mol. The molecule has 33 heavy (non-hydrogen) atoms. The maximum atomic E-state index is 9.28. The highest BCUT2D eigenvalue weighted by Gasteiger charge is 2.19. The Morgan fingerprint density at radius 1 is 0.909 bits per heavy atom. The third-order valence-corrected chi connectivity index (χ3v) is 6.59. The van der Waals surface area contributed by atoms with Crippen LogP contribution in [0.1, 0.15) is 5.56 Å². The van der Waals surface area contributed by atoms with E-state index in [2.05, 4.69) is 68.4 Å². The lowest BCUT2D eigenvalue weighted by Gasteiger charge is -2.34. The second-order valence-corrected chi connectivity index (χ2v) is 8.74. The van der Waals surface area contributed by atoms with Gasteiger partial charge in [-0.15, -0.1) is 0 Å². The van der Waals surface area contributed by atoms with Crippen molar-refractivity contribution in [2.75, 3.05) is 38.1 Å². The van der Waals surface area contributed by atoms with E-state index in [4.69, 9.17) is 4.98 Å². The van der Waals surface area contributed by atoms with Gasteiger partial charge in [0.05, 0.1) is 23.3 Å². The normalized spacial score (nSPS) is 15.0. The summed E-state index contributed by atoms with van der Waals surface area (Å²) in [5.41, 5.74) is 8.10. The second-order valence-electron chi connectivity index (χ2n) is 8.74. The van der Waals surface area contributed by atoms with Crippen LogP contribution in [0.4, 0.5) is 5.69 Å². The minimum Gasteiger partial charge on any atom is -0.392 e. The number of likely N-dealkylation sites (N-methyl/N-ethyl adjacent to an activating group) is 1. The van der Waals surface area contributed by atoms with Gasteiger partial charge in [0.1, 0.15) is 11.2 Å². The molecule has 1 aliphatic heterocycles. The molecule has 3 heterocycles. The molecule has 0 radical (unpaired) electrons. The molecular formula is C26H26N6O. The number of piperazine rings is 1. The van der Waals surface area contributed by atoms with E-state index in [0.717, 1.165) is 76.3 Å². The van der Waals surface area contributed by atoms with Gasteiger partial charge in [-0.25, -0.2) is 4.98 Å². The van der Waals surface area contributed by atoms with Gasteiger partial charge in [-0.2, -0.15) is 5.10 Å². The van der Waals surface area contributed by atoms with E-state index in [0.29, 0.717) is 0 Å². The number of aromatic amines is 2. The van der Waals surface area contributed by atoms with Gasteiger partial charge in [0, 0.05) is 31.6 Å². The standard InChI is InChI=1S/C26H26N6O/c1-31-11-13-32(14-12-31)23-4-2-3-21-25(23)28-26(27-21)24-20-10-9-19(15-22(20)29-30-24)18-7-5-17(16-33)6-8-18/h2-10,15,33H,11-14,16H2,1H3,(H,27,28)(H,29,30). The van der Waals surface area contributed by atoms with E-state index < -0.39 is 0 Å². The SMILES string of the molecule is CN1CCN(c2cccc3[nH]c(-c4n[nH]c5cc(-c6ccc(CO)cc6)ccc45)nc23)CC1. The molecule has 5 aromatic rings. The smallest absolute Gasteiger partial charge is 0.159 e. The molecule has 1 fully saturated rings. The number of imidazole rings is 1. The summed E-state index contributed by atoms with van der Waals surface area (Å²) in [4.78, 5) is 13.2. The summed E-state index contributed by atoms with van der Waals surface area (Å²) in [6.07, 6.45) is 0. The highest BCUT2D eigenvalue weighted by Crippen LogP contribution is 2.32. The number of nitrogens with one attached hydrogen (secondary N) is 2. The molecule has 6 rings (SSSR count). The first-order valence-electron chi connectivity index (χ1n) is 11.3. The Bertz CT molecular complexity index is 1430. The summed E-state index contributed by atoms with van der Waals surface area (Å²) < 4.78 is 0. The number of anilines is 1. The molecular weight excluding hydrogens is 412 g/mol. The van der Waals surface area contributed by atoms with Crippen LogP contribution in [-0.4, -0.2) is 63.4 Å². The molecule has 0 aliphatic carbocycles. The largest absolute Gasteiger partial charge is 0.392 e. The Labute approximate surface area is 191 Å². The molecule has 0 amide bonds. The van der Waals surface area contributed by atoms with Crippen molar-refractivity contribution in [1.29, 1.82) is 0 Å². The average molecular weight is 439 g/mol. The summed E-state index contributed by atoms with van der Waals surface area (Å²) in [7, 11) is 2.17. The lowest BCUT2D eigenvalue weighted by Crippen LogP contribution is -2.44. The maximum absolute atomic E-state index is 9.28. The van der Waals surface area contributed by atoms with Crippen molar-refractivity contribution in [2.24, 2.45) is 0 Å². The number of aliphatic hydroxyl groups excluding tert-OH is 1. The molecule has 0 atom stereocenters. The number of hydrogen-bond acceptors (Lipinski definition) is 5. The Morgan fingerprint density at radius 3 is 2.48 bits per heavy atom. The first-order valence-corrected chi connectivity index (χ1v) is 11.3. The molecule has 7 heteroatoms. The molecule has 0 bridgehead atoms. The van der Waals surface area contributed by atoms with E-state index >= 15 is 0 Å². The zero-order valence-electron chi connectivity index (χ0n) is 18.5. The number of fused-ring (bicyclic) bond motifs is 2. The van der Waals surface area contributed by atoms with Crippen molar-refractivity contribution in [1.82, 2.24) is 25.1 Å². The summed E-state index contributed by atoms with van der Waals surface area (Å²) in [5, 5.41) is 18.1. The van der Waals surface area contributed by atoms with E-state index in [1.54, 1.807) is 0 Å². The number of H-pyrrole nitrogens is 2. The predicted molar refractivity (Wildman–Crippen MR) is 132 cm³/mol. The Kier molecular flexibility index (Phi) is 4.86. The topological polar surface area (TPSA) is 84.1 Å². The molecule has 2 aromatic heterocycles. The molecule has 0 saturated carbocycles. The van der Waals surface area contributed by atoms with Crippen molar-refractivity contribution >= 4 is 27.6 Å². The minimum atomic E-state index is 0.0528. The van der Waals surface area contributed by atoms with E-state index in [1.165, 1.54) is 5.69 Å². The Morgan fingerprint density at radius 2 is 1.70 bits per heavy atom. The van der Waals surface area contributed by atoms with Gasteiger partial charge in [0.15, 0.2) is 5.82 Å². The van der Waals surface area contributed by atoms with Crippen molar-refractivity contribution < 1.29 is 5.11 Å². The summed E-state index contributed by atoms with van der Waals surface area (Å²) in [5.74, 6) is 0.776. The Balaban J connectivity index is 1.37. The number of hydrogen-bond donors (Lipinski definition) is 3. The molecule has 3 aromatic carbocycles. The first kappa shape index (κ1) is 20.0. The fourth-order valence-electron chi connectivity index (χ4n) is 4.61. The quantitative estimate of drug-likeness (QED) is 0.395. The molecule has 1 saturated heterocycles. The van der Waals surface area contributed by atoms with Crippen LogP contribution in [0.25, 0.3) is 44.6 Å². The first-order chi connectivity index (χ1) is 16.2. The van der Waals surface area contributed by atoms with E-state index in [-0.39, 0.29) is 6.61 Å². The lowest BCUT2D eigenvalue weighted by molar-refractivity contribution is 0.282. The molecule has 0 unspecified atom stereocenters. The van der Waals surface area contributed by atoms with Crippen LogP contribution in [0.3, 0.4) is 0 Å². The summed E-state index contributed by atoms with van der Waals surface area (Å²) in [6.45, 7) is 4.18. The highest BCUT2D eigenvalue weighted by molar-refractivity contribution is 5.97. The van der Waals surface area contributed by atoms with Crippen molar-refractivity contribution in [3.63, 3.8) is 0 Å². The fraction of sp³-hybridized carbons (Fsp3) is 0.231. The van der Waals surface area contributed by atoms with Gasteiger partial charge >= 0.3 is 0 Å². The van der Waals surface area contributed by atoms with Crippen molar-refractivity contribution in [3.8, 4) is 22.6 Å². The number of nitrogens with zero attached hydrogens (tertiary/aromatic N) is 4. The number of aromatic nitrogens is 4. The second kappa shape index (κ2) is 8.03. The van der Waals surface area contributed by atoms with Gasteiger partial charge in [-0.05, 0) is 48.0 Å². The molecule has 3 N–H and O–H groups in total. The molecule has 0 spiro atoms.